The second-order valence-corrected chi connectivity index (χ2v) is 7.50. The highest BCUT2D eigenvalue weighted by Gasteiger charge is 2.30. The molecule has 0 bridgehead atoms. The molecule has 2 unspecified atom stereocenters. The Balaban J connectivity index is 1.65. The molecule has 2 atom stereocenters. The van der Waals surface area contributed by atoms with E-state index in [1.165, 1.54) is 6.92 Å². The third kappa shape index (κ3) is 4.75. The number of likely N-dealkylation sites (tertiary alicyclic amines) is 1. The summed E-state index contributed by atoms with van der Waals surface area (Å²) in [6.45, 7) is 5.72. The van der Waals surface area contributed by atoms with Crippen LogP contribution in [0.5, 0.6) is 0 Å². The molecule has 26 heavy (non-hydrogen) atoms. The highest BCUT2D eigenvalue weighted by molar-refractivity contribution is 6.31. The van der Waals surface area contributed by atoms with Crippen LogP contribution < -0.4 is 10.6 Å². The molecule has 0 radical (unpaired) electrons. The van der Waals surface area contributed by atoms with Crippen LogP contribution in [-0.4, -0.2) is 66.9 Å². The van der Waals surface area contributed by atoms with Gasteiger partial charge in [0.1, 0.15) is 0 Å². The largest absolute Gasteiger partial charge is 0.352 e. The van der Waals surface area contributed by atoms with Gasteiger partial charge in [0.2, 0.25) is 11.8 Å². The summed E-state index contributed by atoms with van der Waals surface area (Å²) in [4.78, 5) is 28.3. The van der Waals surface area contributed by atoms with E-state index >= 15 is 0 Å². The Hall–Kier alpha value is -1.63. The molecule has 2 aliphatic heterocycles. The molecule has 0 aromatic heterocycles. The standard InChI is InChI=1S/C19H27ClN4O2/c1-14(25)22-15-5-4-9-24(12-15)19(26)13-23-10-8-21-11-18(23)16-6-2-3-7-17(16)20/h2-3,6-7,15,18,21H,4-5,8-13H2,1H3,(H,22,25). The number of carbonyl (C=O) groups excluding carboxylic acids is 2. The van der Waals surface area contributed by atoms with Crippen molar-refractivity contribution in [3.63, 3.8) is 0 Å². The molecule has 3 rings (SSSR count). The summed E-state index contributed by atoms with van der Waals surface area (Å²) in [6.07, 6.45) is 1.85. The summed E-state index contributed by atoms with van der Waals surface area (Å²) in [5.74, 6) is 0.0872. The van der Waals surface area contributed by atoms with Gasteiger partial charge in [0, 0.05) is 56.8 Å². The highest BCUT2D eigenvalue weighted by atomic mass is 35.5. The number of amides is 2. The molecule has 0 saturated carbocycles. The van der Waals surface area contributed by atoms with Crippen LogP contribution in [0.15, 0.2) is 24.3 Å². The van der Waals surface area contributed by atoms with Crippen LogP contribution in [0.25, 0.3) is 0 Å². The monoisotopic (exact) mass is 378 g/mol. The first-order chi connectivity index (χ1) is 12.5. The number of nitrogens with one attached hydrogen (secondary N) is 2. The van der Waals surface area contributed by atoms with Gasteiger partial charge >= 0.3 is 0 Å². The number of rotatable bonds is 4. The molecule has 2 amide bonds. The third-order valence-electron chi connectivity index (χ3n) is 5.14. The van der Waals surface area contributed by atoms with E-state index in [9.17, 15) is 9.59 Å². The van der Waals surface area contributed by atoms with Crippen molar-refractivity contribution in [2.75, 3.05) is 39.3 Å². The molecule has 2 saturated heterocycles. The van der Waals surface area contributed by atoms with Crippen molar-refractivity contribution in [1.82, 2.24) is 20.4 Å². The summed E-state index contributed by atoms with van der Waals surface area (Å²) in [5.41, 5.74) is 1.06. The van der Waals surface area contributed by atoms with Crippen LogP contribution >= 0.6 is 11.6 Å². The number of piperazine rings is 1. The minimum Gasteiger partial charge on any atom is -0.352 e. The molecule has 2 N–H and O–H groups in total. The maximum absolute atomic E-state index is 12.9. The predicted molar refractivity (Wildman–Crippen MR) is 102 cm³/mol. The summed E-state index contributed by atoms with van der Waals surface area (Å²) in [6, 6.07) is 8.00. The van der Waals surface area contributed by atoms with Crippen molar-refractivity contribution >= 4 is 23.4 Å². The highest BCUT2D eigenvalue weighted by Crippen LogP contribution is 2.28. The zero-order chi connectivity index (χ0) is 18.5. The molecule has 6 nitrogen and oxygen atoms in total. The smallest absolute Gasteiger partial charge is 0.236 e. The van der Waals surface area contributed by atoms with Crippen molar-refractivity contribution in [3.05, 3.63) is 34.9 Å². The minimum absolute atomic E-state index is 0.0369. The molecular weight excluding hydrogens is 352 g/mol. The average molecular weight is 379 g/mol. The minimum atomic E-state index is -0.0369. The van der Waals surface area contributed by atoms with Gasteiger partial charge in [-0.25, -0.2) is 0 Å². The molecule has 1 aromatic carbocycles. The van der Waals surface area contributed by atoms with Gasteiger partial charge in [-0.15, -0.1) is 0 Å². The van der Waals surface area contributed by atoms with E-state index in [1.807, 2.05) is 29.2 Å². The zero-order valence-corrected chi connectivity index (χ0v) is 16.0. The zero-order valence-electron chi connectivity index (χ0n) is 15.2. The lowest BCUT2D eigenvalue weighted by Gasteiger charge is -2.39. The first-order valence-electron chi connectivity index (χ1n) is 9.28. The van der Waals surface area contributed by atoms with E-state index in [2.05, 4.69) is 15.5 Å². The first-order valence-corrected chi connectivity index (χ1v) is 9.66. The second-order valence-electron chi connectivity index (χ2n) is 7.09. The van der Waals surface area contributed by atoms with Crippen LogP contribution in [-0.2, 0) is 9.59 Å². The van der Waals surface area contributed by atoms with Gasteiger partial charge in [0.15, 0.2) is 0 Å². The Morgan fingerprint density at radius 3 is 2.88 bits per heavy atom. The lowest BCUT2D eigenvalue weighted by molar-refractivity contribution is -0.135. The van der Waals surface area contributed by atoms with Crippen molar-refractivity contribution in [1.29, 1.82) is 0 Å². The number of hydrogen-bond acceptors (Lipinski definition) is 4. The third-order valence-corrected chi connectivity index (χ3v) is 5.48. The van der Waals surface area contributed by atoms with Gasteiger partial charge in [-0.2, -0.15) is 0 Å². The molecule has 1 aromatic rings. The van der Waals surface area contributed by atoms with Gasteiger partial charge in [-0.1, -0.05) is 29.8 Å². The van der Waals surface area contributed by atoms with E-state index in [-0.39, 0.29) is 23.9 Å². The van der Waals surface area contributed by atoms with Crippen LogP contribution in [0.1, 0.15) is 31.4 Å². The molecule has 2 aliphatic rings. The molecule has 2 fully saturated rings. The number of carbonyl (C=O) groups is 2. The fourth-order valence-corrected chi connectivity index (χ4v) is 4.13. The van der Waals surface area contributed by atoms with E-state index in [0.717, 1.165) is 49.6 Å². The van der Waals surface area contributed by atoms with Gasteiger partial charge < -0.3 is 15.5 Å². The van der Waals surface area contributed by atoms with Crippen LogP contribution in [0, 0.1) is 0 Å². The first kappa shape index (κ1) is 19.1. The molecule has 0 spiro atoms. The quantitative estimate of drug-likeness (QED) is 0.831. The van der Waals surface area contributed by atoms with Crippen molar-refractivity contribution in [3.8, 4) is 0 Å². The Bertz CT molecular complexity index is 654. The lowest BCUT2D eigenvalue weighted by atomic mass is 10.0. The molecule has 2 heterocycles. The maximum atomic E-state index is 12.9. The van der Waals surface area contributed by atoms with Crippen LogP contribution in [0.2, 0.25) is 5.02 Å². The molecule has 142 valence electrons. The van der Waals surface area contributed by atoms with Crippen molar-refractivity contribution in [2.24, 2.45) is 0 Å². The number of piperidine rings is 1. The summed E-state index contributed by atoms with van der Waals surface area (Å²) in [5, 5.41) is 7.08. The number of hydrogen-bond donors (Lipinski definition) is 2. The lowest BCUT2D eigenvalue weighted by Crippen LogP contribution is -2.54. The fraction of sp³-hybridized carbons (Fsp3) is 0.579. The number of benzene rings is 1. The summed E-state index contributed by atoms with van der Waals surface area (Å²) >= 11 is 6.39. The van der Waals surface area contributed by atoms with Gasteiger partial charge in [-0.05, 0) is 24.5 Å². The van der Waals surface area contributed by atoms with Crippen molar-refractivity contribution in [2.45, 2.75) is 31.8 Å². The summed E-state index contributed by atoms with van der Waals surface area (Å²) < 4.78 is 0. The molecular formula is C19H27ClN4O2. The Morgan fingerprint density at radius 2 is 2.12 bits per heavy atom. The predicted octanol–water partition coefficient (Wildman–Crippen LogP) is 1.41. The van der Waals surface area contributed by atoms with E-state index in [1.54, 1.807) is 0 Å². The second kappa shape index (κ2) is 8.84. The van der Waals surface area contributed by atoms with Crippen molar-refractivity contribution < 1.29 is 9.59 Å². The Labute approximate surface area is 159 Å². The SMILES string of the molecule is CC(=O)NC1CCCN(C(=O)CN2CCNCC2c2ccccc2Cl)C1. The molecule has 0 aliphatic carbocycles. The van der Waals surface area contributed by atoms with E-state index in [4.69, 9.17) is 11.6 Å². The fourth-order valence-electron chi connectivity index (χ4n) is 3.87. The number of halogens is 1. The Kier molecular flexibility index (Phi) is 6.51. The normalized spacial score (nSPS) is 24.3. The van der Waals surface area contributed by atoms with Gasteiger partial charge in [0.05, 0.1) is 6.54 Å². The summed E-state index contributed by atoms with van der Waals surface area (Å²) in [7, 11) is 0. The molecule has 7 heteroatoms. The Morgan fingerprint density at radius 1 is 1.31 bits per heavy atom. The van der Waals surface area contributed by atoms with Gasteiger partial charge in [-0.3, -0.25) is 14.5 Å². The maximum Gasteiger partial charge on any atom is 0.236 e. The van der Waals surface area contributed by atoms with Crippen LogP contribution in [0.3, 0.4) is 0 Å². The topological polar surface area (TPSA) is 64.7 Å². The van der Waals surface area contributed by atoms with Crippen LogP contribution in [0.4, 0.5) is 0 Å². The number of nitrogens with zero attached hydrogens (tertiary/aromatic N) is 2. The van der Waals surface area contributed by atoms with E-state index in [0.29, 0.717) is 13.1 Å². The van der Waals surface area contributed by atoms with Gasteiger partial charge in [0.25, 0.3) is 0 Å². The van der Waals surface area contributed by atoms with E-state index < -0.39 is 0 Å². The average Bonchev–Trinajstić information content (AvgIpc) is 2.62.